The van der Waals surface area contributed by atoms with Gasteiger partial charge in [-0.2, -0.15) is 12.1 Å². The number of hydrogen-bond acceptors (Lipinski definition) is 2. The molecule has 2 atom stereocenters. The molecule has 0 spiro atoms. The summed E-state index contributed by atoms with van der Waals surface area (Å²) < 4.78 is 11.2. The van der Waals surface area contributed by atoms with Gasteiger partial charge in [0.2, 0.25) is 0 Å². The Morgan fingerprint density at radius 3 is 1.67 bits per heavy atom. The molecule has 0 bridgehead atoms. The minimum atomic E-state index is -0.148. The maximum absolute atomic E-state index is 5.60. The van der Waals surface area contributed by atoms with Crippen molar-refractivity contribution in [3.63, 3.8) is 0 Å². The largest absolute Gasteiger partial charge is 0.748 e. The third-order valence-corrected chi connectivity index (χ3v) is 2.85. The van der Waals surface area contributed by atoms with Crippen molar-refractivity contribution in [2.24, 2.45) is 0 Å². The monoisotopic (exact) mass is 284 g/mol. The van der Waals surface area contributed by atoms with E-state index in [4.69, 9.17) is 9.31 Å². The van der Waals surface area contributed by atoms with Gasteiger partial charge in [0.1, 0.15) is 0 Å². The first kappa shape index (κ1) is 15.3. The molecule has 0 amide bonds. The molecule has 0 aromatic heterocycles. The van der Waals surface area contributed by atoms with Crippen molar-refractivity contribution in [2.45, 2.75) is 26.1 Å². The molecule has 2 aromatic rings. The van der Waals surface area contributed by atoms with E-state index in [1.54, 1.807) is 0 Å². The Morgan fingerprint density at radius 2 is 1.28 bits per heavy atom. The van der Waals surface area contributed by atoms with Crippen molar-refractivity contribution in [3.8, 4) is 0 Å². The van der Waals surface area contributed by atoms with Crippen LogP contribution < -0.4 is 5.46 Å². The predicted octanol–water partition coefficient (Wildman–Crippen LogP) is 2.33. The average Bonchev–Trinajstić information content (AvgIpc) is 3.03. The SMILES string of the molecule is C[C@H]1OB([c-]2cccc2)O[C@@H]1C.[Fe].[cH-]1[cH-][cH-][cH-][cH-]1. The second-order valence-corrected chi connectivity index (χ2v) is 4.19. The quantitative estimate of drug-likeness (QED) is 0.591. The summed E-state index contributed by atoms with van der Waals surface area (Å²) in [5.74, 6) is 0. The van der Waals surface area contributed by atoms with Crippen molar-refractivity contribution >= 4 is 12.6 Å². The standard InChI is InChI=1S/C9H12BO2.C5H5.Fe/c1-7-8(2)12-10(11-7)9-5-3-4-6-9;1-2-4-5-3-1;/h3-8H,1-2H3;1-5H;/q-1;-5;/t7-,8-;;/m1../s1. The molecule has 3 rings (SSSR count). The summed E-state index contributed by atoms with van der Waals surface area (Å²) in [6, 6.07) is 18.0. The molecular formula is C14H17BFeO2-6. The van der Waals surface area contributed by atoms with Gasteiger partial charge in [-0.3, -0.25) is 0 Å². The zero-order valence-electron chi connectivity index (χ0n) is 10.6. The Bertz CT molecular complexity index is 372. The van der Waals surface area contributed by atoms with Crippen LogP contribution in [0.15, 0.2) is 54.6 Å². The van der Waals surface area contributed by atoms with E-state index in [-0.39, 0.29) is 36.4 Å². The summed E-state index contributed by atoms with van der Waals surface area (Å²) in [6.45, 7) is 4.07. The van der Waals surface area contributed by atoms with E-state index in [0.29, 0.717) is 0 Å². The summed E-state index contributed by atoms with van der Waals surface area (Å²) in [5, 5.41) is 0. The van der Waals surface area contributed by atoms with Crippen LogP contribution in [0.25, 0.3) is 0 Å². The first-order chi connectivity index (χ1) is 8.27. The van der Waals surface area contributed by atoms with Gasteiger partial charge in [-0.1, -0.05) is 0 Å². The van der Waals surface area contributed by atoms with Crippen LogP contribution in [-0.2, 0) is 26.4 Å². The molecule has 1 saturated heterocycles. The van der Waals surface area contributed by atoms with Crippen molar-refractivity contribution in [3.05, 3.63) is 54.6 Å². The van der Waals surface area contributed by atoms with Crippen LogP contribution in [0, 0.1) is 0 Å². The third kappa shape index (κ3) is 4.15. The Kier molecular flexibility index (Phi) is 6.44. The Hall–Kier alpha value is -0.796. The van der Waals surface area contributed by atoms with Crippen LogP contribution in [0.5, 0.6) is 0 Å². The van der Waals surface area contributed by atoms with Gasteiger partial charge in [0.05, 0.1) is 12.2 Å². The van der Waals surface area contributed by atoms with Gasteiger partial charge in [-0.25, -0.2) is 12.1 Å². The van der Waals surface area contributed by atoms with Crippen LogP contribution in [0.2, 0.25) is 0 Å². The van der Waals surface area contributed by atoms with Crippen molar-refractivity contribution < 1.29 is 26.4 Å². The molecule has 1 aliphatic heterocycles. The van der Waals surface area contributed by atoms with Crippen LogP contribution >= 0.6 is 0 Å². The third-order valence-electron chi connectivity index (χ3n) is 2.85. The second-order valence-electron chi connectivity index (χ2n) is 4.19. The molecule has 2 nitrogen and oxygen atoms in total. The number of rotatable bonds is 1. The fraction of sp³-hybridized carbons (Fsp3) is 0.286. The molecule has 4 heteroatoms. The van der Waals surface area contributed by atoms with Gasteiger partial charge in [-0.05, 0) is 13.8 Å². The van der Waals surface area contributed by atoms with Crippen molar-refractivity contribution in [1.82, 2.24) is 0 Å². The summed E-state index contributed by atoms with van der Waals surface area (Å²) in [5.41, 5.74) is 1.12. The minimum absolute atomic E-state index is 0. The van der Waals surface area contributed by atoms with Crippen LogP contribution in [0.1, 0.15) is 13.8 Å². The number of hydrogen-bond donors (Lipinski definition) is 0. The van der Waals surface area contributed by atoms with Gasteiger partial charge >= 0.3 is 7.12 Å². The maximum Gasteiger partial charge on any atom is 0.418 e. The van der Waals surface area contributed by atoms with E-state index in [1.165, 1.54) is 0 Å². The molecule has 0 unspecified atom stereocenters. The topological polar surface area (TPSA) is 18.5 Å². The van der Waals surface area contributed by atoms with Gasteiger partial charge in [0, 0.05) is 17.1 Å². The second kappa shape index (κ2) is 7.60. The summed E-state index contributed by atoms with van der Waals surface area (Å²) in [6.07, 6.45) is 0.398. The van der Waals surface area contributed by atoms with E-state index in [9.17, 15) is 0 Å². The molecule has 0 saturated carbocycles. The van der Waals surface area contributed by atoms with Crippen molar-refractivity contribution in [2.75, 3.05) is 0 Å². The van der Waals surface area contributed by atoms with E-state index in [2.05, 4.69) is 0 Å². The molecule has 0 N–H and O–H groups in total. The van der Waals surface area contributed by atoms with Crippen molar-refractivity contribution in [1.29, 1.82) is 0 Å². The first-order valence-corrected chi connectivity index (χ1v) is 5.96. The van der Waals surface area contributed by atoms with Gasteiger partial charge < -0.3 is 39.6 Å². The van der Waals surface area contributed by atoms with Crippen LogP contribution in [0.4, 0.5) is 0 Å². The van der Waals surface area contributed by atoms with E-state index in [1.807, 2.05) is 68.4 Å². The van der Waals surface area contributed by atoms with Gasteiger partial charge in [0.15, 0.2) is 0 Å². The van der Waals surface area contributed by atoms with E-state index >= 15 is 0 Å². The molecule has 102 valence electrons. The molecule has 18 heavy (non-hydrogen) atoms. The van der Waals surface area contributed by atoms with Crippen LogP contribution in [0.3, 0.4) is 0 Å². The Labute approximate surface area is 120 Å². The zero-order valence-corrected chi connectivity index (χ0v) is 11.7. The molecule has 1 heterocycles. The summed E-state index contributed by atoms with van der Waals surface area (Å²) >= 11 is 0. The van der Waals surface area contributed by atoms with Gasteiger partial charge in [-0.15, -0.1) is 5.46 Å². The molecular weight excluding hydrogens is 267 g/mol. The maximum atomic E-state index is 5.60. The molecule has 1 fully saturated rings. The fourth-order valence-electron chi connectivity index (χ4n) is 1.67. The normalized spacial score (nSPS) is 22.0. The Morgan fingerprint density at radius 1 is 0.889 bits per heavy atom. The van der Waals surface area contributed by atoms with E-state index < -0.39 is 0 Å². The van der Waals surface area contributed by atoms with Gasteiger partial charge in [0.25, 0.3) is 0 Å². The molecule has 1 aliphatic rings. The fourth-order valence-corrected chi connectivity index (χ4v) is 1.67. The zero-order chi connectivity index (χ0) is 12.1. The predicted molar refractivity (Wildman–Crippen MR) is 70.6 cm³/mol. The molecule has 0 radical (unpaired) electrons. The van der Waals surface area contributed by atoms with E-state index in [0.717, 1.165) is 5.46 Å². The first-order valence-electron chi connectivity index (χ1n) is 5.96. The summed E-state index contributed by atoms with van der Waals surface area (Å²) in [7, 11) is -0.148. The molecule has 0 aliphatic carbocycles. The summed E-state index contributed by atoms with van der Waals surface area (Å²) in [4.78, 5) is 0. The average molecular weight is 284 g/mol. The molecule has 2 aromatic carbocycles. The smallest absolute Gasteiger partial charge is 0.418 e. The minimum Gasteiger partial charge on any atom is -0.748 e. The Balaban J connectivity index is 0.000000230. The van der Waals surface area contributed by atoms with Crippen LogP contribution in [-0.4, -0.2) is 19.3 Å².